The molecule has 1 aromatic heterocycles. The van der Waals surface area contributed by atoms with Crippen molar-refractivity contribution in [2.75, 3.05) is 0 Å². The van der Waals surface area contributed by atoms with E-state index in [2.05, 4.69) is 183 Å². The lowest BCUT2D eigenvalue weighted by Crippen LogP contribution is -2.63. The maximum absolute atomic E-state index is 2.58. The van der Waals surface area contributed by atoms with E-state index in [-0.39, 0.29) is 5.41 Å². The number of hydrogen-bond acceptors (Lipinski definition) is 0. The minimum atomic E-state index is -2.08. The van der Waals surface area contributed by atoms with Gasteiger partial charge >= 0.3 is 0 Å². The molecule has 1 spiro atoms. The standard InChI is InChI=1S/C48H37NSi/c1-47(2)36-17-7-5-14-32(36)35-28-30(24-26-37(35)47)31-25-27-45-41(29-31)48(39-19-9-12-23-44(39)50(45,3)4)38-18-8-11-22-43(38)49-42-21-10-6-15-33(42)34-16-13-20-40(48)46(34)49/h5-29H,1-4H3. The van der Waals surface area contributed by atoms with Gasteiger partial charge in [-0.1, -0.05) is 154 Å². The second-order valence-electron chi connectivity index (χ2n) is 15.7. The molecule has 3 heterocycles. The predicted octanol–water partition coefficient (Wildman–Crippen LogP) is 10.6. The zero-order chi connectivity index (χ0) is 33.6. The Bertz CT molecular complexity index is 2780. The highest BCUT2D eigenvalue weighted by Gasteiger charge is 2.53. The maximum Gasteiger partial charge on any atom is 0.113 e. The Labute approximate surface area is 294 Å². The molecule has 1 atom stereocenters. The van der Waals surface area contributed by atoms with Crippen molar-refractivity contribution < 1.29 is 0 Å². The van der Waals surface area contributed by atoms with Crippen LogP contribution in [-0.4, -0.2) is 12.6 Å². The third-order valence-corrected chi connectivity index (χ3v) is 16.2. The highest BCUT2D eigenvalue weighted by Crippen LogP contribution is 2.56. The Morgan fingerprint density at radius 1 is 0.460 bits per heavy atom. The van der Waals surface area contributed by atoms with Crippen LogP contribution in [0.25, 0.3) is 49.7 Å². The molecule has 1 aliphatic carbocycles. The van der Waals surface area contributed by atoms with Crippen molar-refractivity contribution in [3.63, 3.8) is 0 Å². The highest BCUT2D eigenvalue weighted by atomic mass is 28.3. The summed E-state index contributed by atoms with van der Waals surface area (Å²) >= 11 is 0. The molecule has 0 amide bonds. The zero-order valence-corrected chi connectivity index (χ0v) is 29.9. The summed E-state index contributed by atoms with van der Waals surface area (Å²) < 4.78 is 2.55. The lowest BCUT2D eigenvalue weighted by atomic mass is 9.62. The molecule has 2 aliphatic heterocycles. The summed E-state index contributed by atoms with van der Waals surface area (Å²) in [6.07, 6.45) is 0. The Balaban J connectivity index is 1.27. The number of fused-ring (bicyclic) bond motifs is 14. The summed E-state index contributed by atoms with van der Waals surface area (Å²) in [5.41, 5.74) is 17.2. The second kappa shape index (κ2) is 9.41. The van der Waals surface area contributed by atoms with Crippen LogP contribution in [0.3, 0.4) is 0 Å². The quantitative estimate of drug-likeness (QED) is 0.155. The van der Waals surface area contributed by atoms with E-state index in [0.717, 1.165) is 0 Å². The number of para-hydroxylation sites is 3. The summed E-state index contributed by atoms with van der Waals surface area (Å²) in [6.45, 7) is 9.84. The molecular formula is C48H37NSi. The van der Waals surface area contributed by atoms with Gasteiger partial charge in [-0.2, -0.15) is 0 Å². The van der Waals surface area contributed by atoms with Crippen LogP contribution >= 0.6 is 0 Å². The maximum atomic E-state index is 2.58. The third kappa shape index (κ3) is 3.24. The lowest BCUT2D eigenvalue weighted by molar-refractivity contribution is 0.660. The van der Waals surface area contributed by atoms with E-state index < -0.39 is 13.5 Å². The fourth-order valence-electron chi connectivity index (χ4n) is 10.4. The average Bonchev–Trinajstić information content (AvgIpc) is 3.61. The van der Waals surface area contributed by atoms with Gasteiger partial charge in [0, 0.05) is 16.2 Å². The summed E-state index contributed by atoms with van der Waals surface area (Å²) in [7, 11) is -2.08. The minimum absolute atomic E-state index is 0.00729. The van der Waals surface area contributed by atoms with Gasteiger partial charge in [-0.15, -0.1) is 0 Å². The molecule has 0 N–H and O–H groups in total. The van der Waals surface area contributed by atoms with E-state index in [1.807, 2.05) is 0 Å². The number of benzene rings is 7. The summed E-state index contributed by atoms with van der Waals surface area (Å²) in [6, 6.07) is 58.3. The van der Waals surface area contributed by atoms with Crippen LogP contribution in [0.5, 0.6) is 0 Å². The van der Waals surface area contributed by atoms with E-state index >= 15 is 0 Å². The zero-order valence-electron chi connectivity index (χ0n) is 28.9. The van der Waals surface area contributed by atoms with E-state index in [9.17, 15) is 0 Å². The monoisotopic (exact) mass is 655 g/mol. The van der Waals surface area contributed by atoms with Gasteiger partial charge in [0.05, 0.1) is 22.1 Å². The van der Waals surface area contributed by atoms with Gasteiger partial charge in [0.25, 0.3) is 0 Å². The molecule has 238 valence electrons. The van der Waals surface area contributed by atoms with Crippen LogP contribution in [0.15, 0.2) is 152 Å². The van der Waals surface area contributed by atoms with E-state index in [1.54, 1.807) is 0 Å². The number of rotatable bonds is 1. The van der Waals surface area contributed by atoms with Gasteiger partial charge in [0.15, 0.2) is 0 Å². The van der Waals surface area contributed by atoms with Crippen LogP contribution in [0.4, 0.5) is 0 Å². The molecule has 1 nitrogen and oxygen atoms in total. The van der Waals surface area contributed by atoms with E-state index in [0.29, 0.717) is 0 Å². The first-order valence-electron chi connectivity index (χ1n) is 18.0. The van der Waals surface area contributed by atoms with Crippen molar-refractivity contribution >= 4 is 40.3 Å². The Morgan fingerprint density at radius 2 is 1.08 bits per heavy atom. The first kappa shape index (κ1) is 28.4. The molecule has 2 heteroatoms. The average molecular weight is 656 g/mol. The van der Waals surface area contributed by atoms with Gasteiger partial charge in [0.2, 0.25) is 0 Å². The molecule has 0 radical (unpaired) electrons. The molecule has 0 saturated heterocycles. The van der Waals surface area contributed by atoms with Crippen LogP contribution in [0.2, 0.25) is 13.1 Å². The van der Waals surface area contributed by atoms with E-state index in [1.165, 1.54) is 93.5 Å². The van der Waals surface area contributed by atoms with Crippen molar-refractivity contribution in [2.45, 2.75) is 37.8 Å². The molecule has 11 rings (SSSR count). The Morgan fingerprint density at radius 3 is 1.96 bits per heavy atom. The van der Waals surface area contributed by atoms with Gasteiger partial charge in [0.1, 0.15) is 8.07 Å². The molecule has 8 aromatic rings. The molecule has 0 saturated carbocycles. The summed E-state index contributed by atoms with van der Waals surface area (Å²) in [5, 5.41) is 5.70. The fraction of sp³-hybridized carbons (Fsp3) is 0.125. The highest BCUT2D eigenvalue weighted by molar-refractivity contribution is 7.01. The molecule has 0 bridgehead atoms. The van der Waals surface area contributed by atoms with Crippen molar-refractivity contribution in [3.8, 4) is 27.9 Å². The third-order valence-electron chi connectivity index (χ3n) is 12.7. The van der Waals surface area contributed by atoms with Gasteiger partial charge in [-0.25, -0.2) is 0 Å². The first-order chi connectivity index (χ1) is 24.3. The molecular weight excluding hydrogens is 619 g/mol. The van der Waals surface area contributed by atoms with Gasteiger partial charge < -0.3 is 4.57 Å². The van der Waals surface area contributed by atoms with Gasteiger partial charge in [-0.3, -0.25) is 0 Å². The molecule has 1 unspecified atom stereocenters. The number of aromatic nitrogens is 1. The van der Waals surface area contributed by atoms with Crippen molar-refractivity contribution in [3.05, 3.63) is 185 Å². The van der Waals surface area contributed by atoms with Crippen molar-refractivity contribution in [2.24, 2.45) is 0 Å². The Hall–Kier alpha value is -5.44. The van der Waals surface area contributed by atoms with Crippen molar-refractivity contribution in [1.29, 1.82) is 0 Å². The SMILES string of the molecule is CC1(C)c2ccccc2-c2cc(-c3ccc4c(c3)C3(c5ccccc5-n5c6ccccc6c6cccc3c65)c3ccccc3[Si]4(C)C)ccc21. The summed E-state index contributed by atoms with van der Waals surface area (Å²) in [5.74, 6) is 0. The largest absolute Gasteiger partial charge is 0.309 e. The Kier molecular flexibility index (Phi) is 5.35. The normalized spacial score (nSPS) is 18.4. The van der Waals surface area contributed by atoms with Crippen molar-refractivity contribution in [1.82, 2.24) is 4.57 Å². The molecule has 0 fully saturated rings. The van der Waals surface area contributed by atoms with Crippen LogP contribution < -0.4 is 10.4 Å². The molecule has 3 aliphatic rings. The second-order valence-corrected chi connectivity index (χ2v) is 20.0. The van der Waals surface area contributed by atoms with E-state index in [4.69, 9.17) is 0 Å². The van der Waals surface area contributed by atoms with Crippen LogP contribution in [0.1, 0.15) is 47.2 Å². The number of hydrogen-bond donors (Lipinski definition) is 0. The topological polar surface area (TPSA) is 4.93 Å². The smallest absolute Gasteiger partial charge is 0.113 e. The number of nitrogens with zero attached hydrogens (tertiary/aromatic N) is 1. The lowest BCUT2D eigenvalue weighted by Gasteiger charge is -2.49. The molecule has 50 heavy (non-hydrogen) atoms. The predicted molar refractivity (Wildman–Crippen MR) is 212 cm³/mol. The molecule has 7 aromatic carbocycles. The summed E-state index contributed by atoms with van der Waals surface area (Å²) in [4.78, 5) is 0. The van der Waals surface area contributed by atoms with Gasteiger partial charge in [-0.05, 0) is 90.3 Å². The van der Waals surface area contributed by atoms with Crippen LogP contribution in [-0.2, 0) is 10.8 Å². The van der Waals surface area contributed by atoms with Crippen LogP contribution in [0, 0.1) is 0 Å². The first-order valence-corrected chi connectivity index (χ1v) is 21.0. The minimum Gasteiger partial charge on any atom is -0.309 e. The fourth-order valence-corrected chi connectivity index (χ4v) is 13.6.